The van der Waals surface area contributed by atoms with Crippen LogP contribution in [0.3, 0.4) is 0 Å². The van der Waals surface area contributed by atoms with Crippen molar-refractivity contribution in [1.82, 2.24) is 10.2 Å². The minimum atomic E-state index is -0.616. The Bertz CT molecular complexity index is 891. The quantitative estimate of drug-likeness (QED) is 0.541. The molecule has 2 aliphatic rings. The third kappa shape index (κ3) is 6.35. The van der Waals surface area contributed by atoms with Crippen LogP contribution in [0.4, 0.5) is 20.6 Å². The summed E-state index contributed by atoms with van der Waals surface area (Å²) in [4.78, 5) is 41.3. The zero-order valence-electron chi connectivity index (χ0n) is 20.0. The second-order valence-corrected chi connectivity index (χ2v) is 9.03. The van der Waals surface area contributed by atoms with Gasteiger partial charge in [-0.3, -0.25) is 14.5 Å². The molecule has 0 spiro atoms. The number of hydrogen-bond acceptors (Lipinski definition) is 7. The van der Waals surface area contributed by atoms with Crippen LogP contribution in [-0.2, 0) is 19.1 Å². The molecule has 2 aliphatic heterocycles. The molecule has 1 aromatic rings. The van der Waals surface area contributed by atoms with E-state index in [4.69, 9.17) is 15.2 Å². The molecule has 3 N–H and O–H groups in total. The summed E-state index contributed by atoms with van der Waals surface area (Å²) >= 11 is 0. The maximum Gasteiger partial charge on any atom is 0.414 e. The highest BCUT2D eigenvalue weighted by Gasteiger charge is 2.33. The van der Waals surface area contributed by atoms with Gasteiger partial charge in [0, 0.05) is 33.3 Å². The van der Waals surface area contributed by atoms with Crippen molar-refractivity contribution in [1.29, 1.82) is 0 Å². The highest BCUT2D eigenvalue weighted by atomic mass is 19.1. The molecule has 0 radical (unpaired) electrons. The van der Waals surface area contributed by atoms with E-state index in [0.29, 0.717) is 49.9 Å². The zero-order chi connectivity index (χ0) is 24.8. The fraction of sp³-hybridized carbons (Fsp3) is 0.609. The standard InChI is InChI=1S/C23H34FN5O5/c1-15(2)10-19(25)22(31)26-12-17-13-29(23(32)34-17)16-4-5-20(18(24)11-16)27-6-8-28(9-7-27)21(30)14-33-3/h4-5,11,15,17,19H,6-10,12-14,25H2,1-3H3,(H,26,31). The molecule has 0 aromatic heterocycles. The van der Waals surface area contributed by atoms with Crippen molar-refractivity contribution < 1.29 is 28.2 Å². The van der Waals surface area contributed by atoms with E-state index in [1.165, 1.54) is 18.1 Å². The minimum Gasteiger partial charge on any atom is -0.442 e. The average Bonchev–Trinajstić information content (AvgIpc) is 3.17. The summed E-state index contributed by atoms with van der Waals surface area (Å²) in [5.41, 5.74) is 6.67. The molecule has 1 aromatic carbocycles. The molecule has 0 aliphatic carbocycles. The molecule has 10 nitrogen and oxygen atoms in total. The topological polar surface area (TPSA) is 117 Å². The number of halogens is 1. The van der Waals surface area contributed by atoms with Crippen LogP contribution in [0.5, 0.6) is 0 Å². The number of nitrogens with one attached hydrogen (secondary N) is 1. The summed E-state index contributed by atoms with van der Waals surface area (Å²) in [6, 6.07) is 3.99. The number of amides is 3. The number of nitrogens with two attached hydrogens (primary N) is 1. The van der Waals surface area contributed by atoms with Gasteiger partial charge in [0.25, 0.3) is 0 Å². The molecule has 0 bridgehead atoms. The monoisotopic (exact) mass is 479 g/mol. The van der Waals surface area contributed by atoms with E-state index in [2.05, 4.69) is 5.32 Å². The summed E-state index contributed by atoms with van der Waals surface area (Å²) in [5.74, 6) is -0.542. The first-order chi connectivity index (χ1) is 16.2. The summed E-state index contributed by atoms with van der Waals surface area (Å²) in [6.07, 6.45) is -0.585. The molecule has 0 saturated carbocycles. The molecule has 2 unspecified atom stereocenters. The van der Waals surface area contributed by atoms with Crippen LogP contribution in [0, 0.1) is 11.7 Å². The normalized spacial score (nSPS) is 19.4. The van der Waals surface area contributed by atoms with E-state index in [0.717, 1.165) is 0 Å². The fourth-order valence-corrected chi connectivity index (χ4v) is 4.13. The van der Waals surface area contributed by atoms with Crippen LogP contribution in [0.25, 0.3) is 0 Å². The second-order valence-electron chi connectivity index (χ2n) is 9.03. The second kappa shape index (κ2) is 11.5. The number of cyclic esters (lactones) is 1. The number of carbonyl (C=O) groups is 3. The van der Waals surface area contributed by atoms with Gasteiger partial charge >= 0.3 is 6.09 Å². The van der Waals surface area contributed by atoms with Gasteiger partial charge in [-0.05, 0) is 30.5 Å². The van der Waals surface area contributed by atoms with Crippen LogP contribution >= 0.6 is 0 Å². The molecule has 2 saturated heterocycles. The smallest absolute Gasteiger partial charge is 0.414 e. The maximum atomic E-state index is 14.9. The molecule has 2 atom stereocenters. The van der Waals surface area contributed by atoms with Gasteiger partial charge in [0.15, 0.2) is 0 Å². The summed E-state index contributed by atoms with van der Waals surface area (Å²) < 4.78 is 25.2. The third-order valence-electron chi connectivity index (χ3n) is 5.92. The predicted octanol–water partition coefficient (Wildman–Crippen LogP) is 0.936. The van der Waals surface area contributed by atoms with Crippen LogP contribution < -0.4 is 20.9 Å². The van der Waals surface area contributed by atoms with E-state index >= 15 is 0 Å². The number of nitrogens with zero attached hydrogens (tertiary/aromatic N) is 3. The lowest BCUT2D eigenvalue weighted by molar-refractivity contribution is -0.135. The number of piperazine rings is 1. The molecule has 2 heterocycles. The fourth-order valence-electron chi connectivity index (χ4n) is 4.13. The molecule has 34 heavy (non-hydrogen) atoms. The van der Waals surface area contributed by atoms with Crippen molar-refractivity contribution in [2.75, 3.05) is 62.8 Å². The molecule has 188 valence electrons. The first kappa shape index (κ1) is 25.7. The van der Waals surface area contributed by atoms with Gasteiger partial charge in [0.1, 0.15) is 18.5 Å². The average molecular weight is 480 g/mol. The van der Waals surface area contributed by atoms with Crippen LogP contribution in [0.15, 0.2) is 18.2 Å². The largest absolute Gasteiger partial charge is 0.442 e. The Kier molecular flexibility index (Phi) is 8.67. The number of hydrogen-bond donors (Lipinski definition) is 2. The molecular formula is C23H34FN5O5. The Morgan fingerprint density at radius 1 is 1.26 bits per heavy atom. The summed E-state index contributed by atoms with van der Waals surface area (Å²) in [7, 11) is 1.48. The zero-order valence-corrected chi connectivity index (χ0v) is 20.0. The number of benzene rings is 1. The first-order valence-corrected chi connectivity index (χ1v) is 11.5. The molecule has 11 heteroatoms. The lowest BCUT2D eigenvalue weighted by atomic mass is 10.0. The number of rotatable bonds is 9. The SMILES string of the molecule is COCC(=O)N1CCN(c2ccc(N3CC(CNC(=O)C(N)CC(C)C)OC3=O)cc2F)CC1. The first-order valence-electron chi connectivity index (χ1n) is 11.5. The van der Waals surface area contributed by atoms with Gasteiger partial charge in [-0.2, -0.15) is 0 Å². The predicted molar refractivity (Wildman–Crippen MR) is 125 cm³/mol. The van der Waals surface area contributed by atoms with Crippen molar-refractivity contribution in [3.63, 3.8) is 0 Å². The van der Waals surface area contributed by atoms with Gasteiger partial charge in [0.05, 0.1) is 30.5 Å². The van der Waals surface area contributed by atoms with Crippen molar-refractivity contribution in [2.24, 2.45) is 11.7 Å². The number of carbonyl (C=O) groups excluding carboxylic acids is 3. The number of methoxy groups -OCH3 is 1. The molecular weight excluding hydrogens is 445 g/mol. The van der Waals surface area contributed by atoms with E-state index in [-0.39, 0.29) is 31.5 Å². The van der Waals surface area contributed by atoms with Crippen LogP contribution in [0.2, 0.25) is 0 Å². The Hall–Kier alpha value is -2.92. The maximum absolute atomic E-state index is 14.9. The van der Waals surface area contributed by atoms with Gasteiger partial charge in [0.2, 0.25) is 11.8 Å². The van der Waals surface area contributed by atoms with Gasteiger partial charge in [-0.1, -0.05) is 13.8 Å². The lowest BCUT2D eigenvalue weighted by Crippen LogP contribution is -2.50. The van der Waals surface area contributed by atoms with Gasteiger partial charge in [-0.25, -0.2) is 9.18 Å². The minimum absolute atomic E-state index is 0.0322. The lowest BCUT2D eigenvalue weighted by Gasteiger charge is -2.36. The number of anilines is 2. The van der Waals surface area contributed by atoms with Crippen molar-refractivity contribution in [3.8, 4) is 0 Å². The molecule has 3 amide bonds. The number of ether oxygens (including phenoxy) is 2. The Morgan fingerprint density at radius 3 is 2.59 bits per heavy atom. The molecule has 2 fully saturated rings. The van der Waals surface area contributed by atoms with Crippen molar-refractivity contribution in [3.05, 3.63) is 24.0 Å². The Morgan fingerprint density at radius 2 is 1.97 bits per heavy atom. The Balaban J connectivity index is 1.55. The highest BCUT2D eigenvalue weighted by molar-refractivity contribution is 5.90. The third-order valence-corrected chi connectivity index (χ3v) is 5.92. The van der Waals surface area contributed by atoms with E-state index in [1.807, 2.05) is 18.7 Å². The molecule has 3 rings (SSSR count). The van der Waals surface area contributed by atoms with Crippen LogP contribution in [-0.4, -0.2) is 87.9 Å². The van der Waals surface area contributed by atoms with E-state index < -0.39 is 24.1 Å². The van der Waals surface area contributed by atoms with Crippen molar-refractivity contribution in [2.45, 2.75) is 32.4 Å². The summed E-state index contributed by atoms with van der Waals surface area (Å²) in [6.45, 7) is 6.29. The Labute approximate surface area is 199 Å². The van der Waals surface area contributed by atoms with Gasteiger partial charge in [-0.15, -0.1) is 0 Å². The summed E-state index contributed by atoms with van der Waals surface area (Å²) in [5, 5.41) is 2.72. The van der Waals surface area contributed by atoms with Gasteiger partial charge < -0.3 is 30.3 Å². The van der Waals surface area contributed by atoms with E-state index in [9.17, 15) is 18.8 Å². The van der Waals surface area contributed by atoms with Crippen molar-refractivity contribution >= 4 is 29.3 Å². The van der Waals surface area contributed by atoms with E-state index in [1.54, 1.807) is 17.0 Å². The highest BCUT2D eigenvalue weighted by Crippen LogP contribution is 2.28. The van der Waals surface area contributed by atoms with Crippen LogP contribution in [0.1, 0.15) is 20.3 Å².